The Hall–Kier alpha value is -1.32. The molecule has 3 rings (SSSR count). The molecule has 0 amide bonds. The Balaban J connectivity index is 2.17. The molecule has 2 aromatic heterocycles. The van der Waals surface area contributed by atoms with Crippen LogP contribution >= 0.6 is 24.5 Å². The first kappa shape index (κ1) is 14.6. The van der Waals surface area contributed by atoms with E-state index in [1.807, 2.05) is 6.07 Å². The lowest BCUT2D eigenvalue weighted by Gasteiger charge is -2.10. The van der Waals surface area contributed by atoms with E-state index in [2.05, 4.69) is 22.6 Å². The highest BCUT2D eigenvalue weighted by molar-refractivity contribution is 9.10. The van der Waals surface area contributed by atoms with Crippen molar-refractivity contribution in [1.29, 1.82) is 0 Å². The molecule has 3 aromatic rings. The second kappa shape index (κ2) is 6.20. The predicted octanol–water partition coefficient (Wildman–Crippen LogP) is 4.38. The monoisotopic (exact) mass is 368 g/mol. The molecule has 0 spiro atoms. The van der Waals surface area contributed by atoms with Crippen molar-refractivity contribution in [3.8, 4) is 5.75 Å². The van der Waals surface area contributed by atoms with Crippen molar-refractivity contribution in [1.82, 2.24) is 0 Å². The normalized spacial score (nSPS) is 11.9. The first-order valence-corrected chi connectivity index (χ1v) is 9.12. The zero-order valence-electron chi connectivity index (χ0n) is 11.4. The number of ether oxygens (including phenoxy) is 1. The zero-order valence-corrected chi connectivity index (χ0v) is 14.0. The van der Waals surface area contributed by atoms with Gasteiger partial charge in [0.15, 0.2) is 11.2 Å². The van der Waals surface area contributed by atoms with Crippen molar-refractivity contribution in [3.05, 3.63) is 39.4 Å². The molecule has 0 aliphatic heterocycles. The van der Waals surface area contributed by atoms with Gasteiger partial charge in [0, 0.05) is 21.3 Å². The number of furan rings is 1. The fraction of sp³-hybridized carbons (Fsp3) is 0.267. The van der Waals surface area contributed by atoms with Gasteiger partial charge in [-0.3, -0.25) is 0 Å². The minimum Gasteiger partial charge on any atom is -0.486 e. The average Bonchev–Trinajstić information content (AvgIpc) is 2.96. The number of hydrogen-bond acceptors (Lipinski definition) is 4. The molecule has 21 heavy (non-hydrogen) atoms. The molecule has 0 aliphatic carbocycles. The van der Waals surface area contributed by atoms with Gasteiger partial charge in [-0.15, -0.1) is 8.58 Å². The molecule has 0 saturated heterocycles. The molecule has 2 heterocycles. The summed E-state index contributed by atoms with van der Waals surface area (Å²) in [6.45, 7) is 2.74. The quantitative estimate of drug-likeness (QED) is 0.381. The third-order valence-electron chi connectivity index (χ3n) is 3.20. The zero-order chi connectivity index (χ0) is 14.8. The fourth-order valence-corrected chi connectivity index (χ4v) is 3.34. The highest BCUT2D eigenvalue weighted by atomic mass is 79.9. The Labute approximate surface area is 131 Å². The third-order valence-corrected chi connectivity index (χ3v) is 4.91. The first-order chi connectivity index (χ1) is 10.2. The van der Waals surface area contributed by atoms with E-state index in [0.717, 1.165) is 36.4 Å². The van der Waals surface area contributed by atoms with Gasteiger partial charge in [0.1, 0.15) is 0 Å². The molecule has 1 unspecified atom stereocenters. The Morgan fingerprint density at radius 3 is 2.86 bits per heavy atom. The van der Waals surface area contributed by atoms with Gasteiger partial charge >= 0.3 is 5.63 Å². The maximum absolute atomic E-state index is 11.5. The summed E-state index contributed by atoms with van der Waals surface area (Å²) in [6.07, 6.45) is 3.69. The van der Waals surface area contributed by atoms with Gasteiger partial charge in [0.2, 0.25) is 5.75 Å². The maximum Gasteiger partial charge on any atom is 0.336 e. The second-order valence-corrected chi connectivity index (χ2v) is 6.61. The number of benzene rings is 1. The SMILES string of the molecule is CPCCCOc1c2occc2c(Br)c2ccc(=O)oc12. The van der Waals surface area contributed by atoms with Gasteiger partial charge in [-0.25, -0.2) is 4.79 Å². The second-order valence-electron chi connectivity index (χ2n) is 4.61. The molecule has 0 N–H and O–H groups in total. The van der Waals surface area contributed by atoms with Crippen LogP contribution in [0.2, 0.25) is 0 Å². The molecular weight excluding hydrogens is 355 g/mol. The van der Waals surface area contributed by atoms with E-state index < -0.39 is 5.63 Å². The number of fused-ring (bicyclic) bond motifs is 2. The van der Waals surface area contributed by atoms with Crippen LogP contribution in [0.15, 0.2) is 42.6 Å². The topological polar surface area (TPSA) is 52.6 Å². The highest BCUT2D eigenvalue weighted by Crippen LogP contribution is 2.41. The van der Waals surface area contributed by atoms with Crippen molar-refractivity contribution < 1.29 is 13.6 Å². The molecule has 1 aromatic carbocycles. The molecule has 0 saturated carbocycles. The van der Waals surface area contributed by atoms with Crippen molar-refractivity contribution in [2.75, 3.05) is 19.4 Å². The van der Waals surface area contributed by atoms with E-state index in [9.17, 15) is 4.79 Å². The Bertz CT molecular complexity index is 837. The molecule has 110 valence electrons. The van der Waals surface area contributed by atoms with E-state index in [0.29, 0.717) is 23.5 Å². The first-order valence-electron chi connectivity index (χ1n) is 6.62. The summed E-state index contributed by atoms with van der Waals surface area (Å²) in [5.74, 6) is 0.505. The molecule has 0 radical (unpaired) electrons. The van der Waals surface area contributed by atoms with Gasteiger partial charge in [-0.2, -0.15) is 0 Å². The van der Waals surface area contributed by atoms with E-state index in [-0.39, 0.29) is 0 Å². The van der Waals surface area contributed by atoms with Crippen LogP contribution in [0.5, 0.6) is 5.75 Å². The molecule has 1 atom stereocenters. The molecule has 0 aliphatic rings. The van der Waals surface area contributed by atoms with E-state index in [4.69, 9.17) is 13.6 Å². The summed E-state index contributed by atoms with van der Waals surface area (Å²) in [6, 6.07) is 5.00. The average molecular weight is 369 g/mol. The van der Waals surface area contributed by atoms with Gasteiger partial charge in [0.05, 0.1) is 12.9 Å². The van der Waals surface area contributed by atoms with Crippen molar-refractivity contribution >= 4 is 46.4 Å². The standard InChI is InChI=1S/C15H14BrO4P/c1-21-8-2-6-18-15-13-10(5-7-19-13)12(16)9-3-4-11(17)20-14(9)15/h3-5,7,21H,2,6,8H2,1H3. The van der Waals surface area contributed by atoms with Crippen LogP contribution in [0.4, 0.5) is 0 Å². The van der Waals surface area contributed by atoms with Crippen LogP contribution in [0.1, 0.15) is 6.42 Å². The van der Waals surface area contributed by atoms with Crippen LogP contribution in [0.3, 0.4) is 0 Å². The smallest absolute Gasteiger partial charge is 0.336 e. The number of hydrogen-bond donors (Lipinski definition) is 0. The van der Waals surface area contributed by atoms with Crippen molar-refractivity contribution in [2.24, 2.45) is 0 Å². The van der Waals surface area contributed by atoms with Gasteiger partial charge < -0.3 is 13.6 Å². The molecule has 0 fully saturated rings. The Morgan fingerprint density at radius 2 is 2.05 bits per heavy atom. The van der Waals surface area contributed by atoms with Crippen molar-refractivity contribution in [2.45, 2.75) is 6.42 Å². The highest BCUT2D eigenvalue weighted by Gasteiger charge is 2.18. The van der Waals surface area contributed by atoms with Crippen LogP contribution in [-0.4, -0.2) is 19.4 Å². The Morgan fingerprint density at radius 1 is 1.24 bits per heavy atom. The molecule has 6 heteroatoms. The number of halogens is 1. The van der Waals surface area contributed by atoms with Gasteiger partial charge in [-0.1, -0.05) is 0 Å². The van der Waals surface area contributed by atoms with Crippen LogP contribution in [-0.2, 0) is 0 Å². The van der Waals surface area contributed by atoms with Gasteiger partial charge in [-0.05, 0) is 47.3 Å². The lowest BCUT2D eigenvalue weighted by molar-refractivity contribution is 0.315. The summed E-state index contributed by atoms with van der Waals surface area (Å²) >= 11 is 3.54. The largest absolute Gasteiger partial charge is 0.486 e. The van der Waals surface area contributed by atoms with Crippen LogP contribution < -0.4 is 10.4 Å². The molecule has 0 bridgehead atoms. The van der Waals surface area contributed by atoms with E-state index in [1.165, 1.54) is 6.07 Å². The fourth-order valence-electron chi connectivity index (χ4n) is 2.22. The summed E-state index contributed by atoms with van der Waals surface area (Å²) in [5.41, 5.74) is 0.624. The van der Waals surface area contributed by atoms with Gasteiger partial charge in [0.25, 0.3) is 0 Å². The molecular formula is C15H14BrO4P. The lowest BCUT2D eigenvalue weighted by atomic mass is 10.1. The van der Waals surface area contributed by atoms with Crippen molar-refractivity contribution in [3.63, 3.8) is 0 Å². The summed E-state index contributed by atoms with van der Waals surface area (Å²) in [7, 11) is 0.906. The molecule has 4 nitrogen and oxygen atoms in total. The predicted molar refractivity (Wildman–Crippen MR) is 89.2 cm³/mol. The summed E-state index contributed by atoms with van der Waals surface area (Å²) in [4.78, 5) is 11.5. The summed E-state index contributed by atoms with van der Waals surface area (Å²) in [5, 5.41) is 1.71. The maximum atomic E-state index is 11.5. The van der Waals surface area contributed by atoms with E-state index >= 15 is 0 Å². The Kier molecular flexibility index (Phi) is 4.32. The van der Waals surface area contributed by atoms with Crippen LogP contribution in [0, 0.1) is 0 Å². The minimum atomic E-state index is -0.403. The minimum absolute atomic E-state index is 0.403. The summed E-state index contributed by atoms with van der Waals surface area (Å²) < 4.78 is 17.6. The third kappa shape index (κ3) is 2.72. The van der Waals surface area contributed by atoms with E-state index in [1.54, 1.807) is 12.3 Å². The lowest BCUT2D eigenvalue weighted by Crippen LogP contribution is -2.02. The number of rotatable bonds is 5. The van der Waals surface area contributed by atoms with Crippen LogP contribution in [0.25, 0.3) is 21.9 Å².